The summed E-state index contributed by atoms with van der Waals surface area (Å²) in [5, 5.41) is 6.76. The average molecular weight is 332 g/mol. The van der Waals surface area contributed by atoms with E-state index >= 15 is 0 Å². The molecule has 24 heavy (non-hydrogen) atoms. The van der Waals surface area contributed by atoms with Crippen LogP contribution in [0.5, 0.6) is 0 Å². The van der Waals surface area contributed by atoms with Crippen molar-refractivity contribution in [1.29, 1.82) is 0 Å². The molecule has 0 saturated carbocycles. The first kappa shape index (κ1) is 18.1. The van der Waals surface area contributed by atoms with Crippen LogP contribution >= 0.6 is 0 Å². The van der Waals surface area contributed by atoms with Crippen LogP contribution in [-0.4, -0.2) is 42.4 Å². The minimum atomic E-state index is -0.230. The van der Waals surface area contributed by atoms with Crippen LogP contribution in [0, 0.1) is 0 Å². The Labute approximate surface area is 141 Å². The molecule has 1 aromatic heterocycles. The van der Waals surface area contributed by atoms with E-state index in [1.54, 1.807) is 7.11 Å². The number of nitrogens with zero attached hydrogens (tertiary/aromatic N) is 2. The lowest BCUT2D eigenvalue weighted by molar-refractivity contribution is -0.123. The SMILES string of the molecule is CCc1noc(-c2ccc(CCNC(=O)CC(CN)OC)cc2)n1. The number of carbonyl (C=O) groups excluding carboxylic acids is 1. The number of hydrogen-bond acceptors (Lipinski definition) is 6. The number of ether oxygens (including phenoxy) is 1. The number of benzene rings is 1. The third-order valence-corrected chi connectivity index (χ3v) is 3.73. The number of aryl methyl sites for hydroxylation is 1. The Bertz CT molecular complexity index is 636. The summed E-state index contributed by atoms with van der Waals surface area (Å²) in [5.41, 5.74) is 7.51. The van der Waals surface area contributed by atoms with Crippen LogP contribution < -0.4 is 11.1 Å². The highest BCUT2D eigenvalue weighted by Crippen LogP contribution is 2.18. The van der Waals surface area contributed by atoms with Crippen molar-refractivity contribution < 1.29 is 14.1 Å². The maximum atomic E-state index is 11.8. The van der Waals surface area contributed by atoms with E-state index in [9.17, 15) is 4.79 Å². The van der Waals surface area contributed by atoms with Gasteiger partial charge in [0, 0.05) is 32.2 Å². The van der Waals surface area contributed by atoms with Crippen LogP contribution in [0.15, 0.2) is 28.8 Å². The maximum absolute atomic E-state index is 11.8. The molecule has 2 rings (SSSR count). The summed E-state index contributed by atoms with van der Waals surface area (Å²) in [7, 11) is 1.55. The number of nitrogens with one attached hydrogen (secondary N) is 1. The second kappa shape index (κ2) is 9.14. The second-order valence-corrected chi connectivity index (χ2v) is 5.46. The maximum Gasteiger partial charge on any atom is 0.257 e. The van der Waals surface area contributed by atoms with Crippen molar-refractivity contribution in [3.05, 3.63) is 35.7 Å². The molecule has 0 spiro atoms. The van der Waals surface area contributed by atoms with Gasteiger partial charge in [0.1, 0.15) is 0 Å². The molecule has 130 valence electrons. The molecule has 1 aromatic carbocycles. The van der Waals surface area contributed by atoms with Gasteiger partial charge in [-0.05, 0) is 24.1 Å². The molecule has 1 unspecified atom stereocenters. The van der Waals surface area contributed by atoms with E-state index in [2.05, 4.69) is 15.5 Å². The van der Waals surface area contributed by atoms with E-state index in [0.717, 1.165) is 24.0 Å². The van der Waals surface area contributed by atoms with Crippen molar-refractivity contribution >= 4 is 5.91 Å². The van der Waals surface area contributed by atoms with Crippen molar-refractivity contribution in [2.24, 2.45) is 5.73 Å². The molecule has 3 N–H and O–H groups in total. The first-order valence-corrected chi connectivity index (χ1v) is 8.07. The zero-order chi connectivity index (χ0) is 17.4. The minimum absolute atomic E-state index is 0.0538. The fourth-order valence-electron chi connectivity index (χ4n) is 2.22. The molecule has 0 aliphatic heterocycles. The Morgan fingerprint density at radius 3 is 2.71 bits per heavy atom. The lowest BCUT2D eigenvalue weighted by Crippen LogP contribution is -2.33. The van der Waals surface area contributed by atoms with Gasteiger partial charge in [-0.1, -0.05) is 24.2 Å². The topological polar surface area (TPSA) is 103 Å². The highest BCUT2D eigenvalue weighted by molar-refractivity contribution is 5.76. The molecule has 0 fully saturated rings. The zero-order valence-electron chi connectivity index (χ0n) is 14.1. The summed E-state index contributed by atoms with van der Waals surface area (Å²) in [6.07, 6.45) is 1.54. The van der Waals surface area contributed by atoms with Gasteiger partial charge in [-0.25, -0.2) is 0 Å². The predicted molar refractivity (Wildman–Crippen MR) is 90.3 cm³/mol. The normalized spacial score (nSPS) is 12.1. The molecule has 0 bridgehead atoms. The van der Waals surface area contributed by atoms with Crippen LogP contribution in [0.2, 0.25) is 0 Å². The molecule has 7 nitrogen and oxygen atoms in total. The van der Waals surface area contributed by atoms with Crippen LogP contribution in [0.3, 0.4) is 0 Å². The van der Waals surface area contributed by atoms with Gasteiger partial charge in [0.15, 0.2) is 5.82 Å². The number of nitrogens with two attached hydrogens (primary N) is 1. The third-order valence-electron chi connectivity index (χ3n) is 3.73. The van der Waals surface area contributed by atoms with Gasteiger partial charge in [-0.2, -0.15) is 4.98 Å². The van der Waals surface area contributed by atoms with Gasteiger partial charge in [0.2, 0.25) is 5.91 Å². The van der Waals surface area contributed by atoms with E-state index in [4.69, 9.17) is 15.0 Å². The molecule has 2 aromatic rings. The van der Waals surface area contributed by atoms with Gasteiger partial charge < -0.3 is 20.3 Å². The number of rotatable bonds is 9. The van der Waals surface area contributed by atoms with Crippen molar-refractivity contribution in [2.75, 3.05) is 20.2 Å². The molecule has 0 radical (unpaired) electrons. The van der Waals surface area contributed by atoms with E-state index < -0.39 is 0 Å². The van der Waals surface area contributed by atoms with Crippen molar-refractivity contribution in [3.63, 3.8) is 0 Å². The van der Waals surface area contributed by atoms with Crippen LogP contribution in [0.1, 0.15) is 24.7 Å². The minimum Gasteiger partial charge on any atom is -0.380 e. The highest BCUT2D eigenvalue weighted by atomic mass is 16.5. The third kappa shape index (κ3) is 5.14. The average Bonchev–Trinajstić information content (AvgIpc) is 3.09. The fraction of sp³-hybridized carbons (Fsp3) is 0.471. The predicted octanol–water partition coefficient (Wildman–Crippen LogP) is 1.32. The molecule has 1 heterocycles. The molecular weight excluding hydrogens is 308 g/mol. The molecule has 1 amide bonds. The second-order valence-electron chi connectivity index (χ2n) is 5.46. The van der Waals surface area contributed by atoms with Crippen molar-refractivity contribution in [3.8, 4) is 11.5 Å². The van der Waals surface area contributed by atoms with Gasteiger partial charge in [-0.15, -0.1) is 0 Å². The van der Waals surface area contributed by atoms with Crippen LogP contribution in [0.25, 0.3) is 11.5 Å². The lowest BCUT2D eigenvalue weighted by atomic mass is 10.1. The van der Waals surface area contributed by atoms with Crippen LogP contribution in [0.4, 0.5) is 0 Å². The summed E-state index contributed by atoms with van der Waals surface area (Å²) in [6, 6.07) is 7.88. The number of hydrogen-bond donors (Lipinski definition) is 2. The highest BCUT2D eigenvalue weighted by Gasteiger charge is 2.11. The first-order valence-electron chi connectivity index (χ1n) is 8.07. The molecule has 1 atom stereocenters. The standard InChI is InChI=1S/C17H24N4O3/c1-3-15-20-17(24-21-15)13-6-4-12(5-7-13)8-9-19-16(22)10-14(11-18)23-2/h4-7,14H,3,8-11,18H2,1-2H3,(H,19,22). The fourth-order valence-corrected chi connectivity index (χ4v) is 2.22. The Morgan fingerprint density at radius 2 is 2.12 bits per heavy atom. The van der Waals surface area contributed by atoms with Gasteiger partial charge >= 0.3 is 0 Å². The Kier molecular flexibility index (Phi) is 6.89. The summed E-state index contributed by atoms with van der Waals surface area (Å²) in [5.74, 6) is 1.17. The lowest BCUT2D eigenvalue weighted by Gasteiger charge is -2.12. The van der Waals surface area contributed by atoms with Crippen molar-refractivity contribution in [1.82, 2.24) is 15.5 Å². The summed E-state index contributed by atoms with van der Waals surface area (Å²) in [4.78, 5) is 16.1. The van der Waals surface area contributed by atoms with Gasteiger partial charge in [0.05, 0.1) is 12.5 Å². The Balaban J connectivity index is 1.80. The molecule has 0 aliphatic carbocycles. The van der Waals surface area contributed by atoms with E-state index in [-0.39, 0.29) is 18.4 Å². The zero-order valence-corrected chi connectivity index (χ0v) is 14.1. The first-order chi connectivity index (χ1) is 11.7. The molecular formula is C17H24N4O3. The summed E-state index contributed by atoms with van der Waals surface area (Å²) < 4.78 is 10.3. The Hall–Kier alpha value is -2.25. The molecule has 7 heteroatoms. The largest absolute Gasteiger partial charge is 0.380 e. The number of aromatic nitrogens is 2. The van der Waals surface area contributed by atoms with Gasteiger partial charge in [0.25, 0.3) is 5.89 Å². The number of carbonyl (C=O) groups is 1. The van der Waals surface area contributed by atoms with Crippen LogP contribution in [-0.2, 0) is 22.4 Å². The molecule has 0 saturated heterocycles. The summed E-state index contributed by atoms with van der Waals surface area (Å²) in [6.45, 7) is 2.88. The van der Waals surface area contributed by atoms with Gasteiger partial charge in [-0.3, -0.25) is 4.79 Å². The quantitative estimate of drug-likeness (QED) is 0.718. The number of methoxy groups -OCH3 is 1. The smallest absolute Gasteiger partial charge is 0.257 e. The molecule has 0 aliphatic rings. The summed E-state index contributed by atoms with van der Waals surface area (Å²) >= 11 is 0. The Morgan fingerprint density at radius 1 is 1.38 bits per heavy atom. The van der Waals surface area contributed by atoms with Crippen molar-refractivity contribution in [2.45, 2.75) is 32.3 Å². The number of amides is 1. The van der Waals surface area contributed by atoms with E-state index in [0.29, 0.717) is 24.8 Å². The van der Waals surface area contributed by atoms with E-state index in [1.807, 2.05) is 31.2 Å². The monoisotopic (exact) mass is 332 g/mol. The van der Waals surface area contributed by atoms with E-state index in [1.165, 1.54) is 0 Å².